The van der Waals surface area contributed by atoms with Gasteiger partial charge in [0.05, 0.1) is 6.61 Å². The average Bonchev–Trinajstić information content (AvgIpc) is 2.39. The summed E-state index contributed by atoms with van der Waals surface area (Å²) in [5.41, 5.74) is 0.701. The first-order valence-corrected chi connectivity index (χ1v) is 6.14. The Balaban J connectivity index is 2.13. The second-order valence-electron chi connectivity index (χ2n) is 4.06. The van der Waals surface area contributed by atoms with Gasteiger partial charge in [0, 0.05) is 11.1 Å². The molecule has 0 spiro atoms. The zero-order valence-corrected chi connectivity index (χ0v) is 10.7. The first kappa shape index (κ1) is 13.1. The summed E-state index contributed by atoms with van der Waals surface area (Å²) in [5, 5.41) is 4.72. The van der Waals surface area contributed by atoms with Gasteiger partial charge in [-0.3, -0.25) is 9.59 Å². The number of esters is 1. The van der Waals surface area contributed by atoms with Crippen LogP contribution in [-0.4, -0.2) is 18.5 Å². The van der Waals surface area contributed by atoms with Crippen LogP contribution in [0, 0.1) is 0 Å². The van der Waals surface area contributed by atoms with Gasteiger partial charge < -0.3 is 10.1 Å². The fourth-order valence-electron chi connectivity index (χ4n) is 1.87. The van der Waals surface area contributed by atoms with Crippen LogP contribution >= 0.6 is 0 Å². The molecule has 2 rings (SSSR count). The highest BCUT2D eigenvalue weighted by Gasteiger charge is 2.11. The lowest BCUT2D eigenvalue weighted by Crippen LogP contribution is -2.18. The van der Waals surface area contributed by atoms with Crippen molar-refractivity contribution in [2.75, 3.05) is 11.9 Å². The lowest BCUT2D eigenvalue weighted by Gasteiger charge is -2.08. The van der Waals surface area contributed by atoms with Crippen molar-refractivity contribution in [3.05, 3.63) is 42.5 Å². The van der Waals surface area contributed by atoms with Crippen molar-refractivity contribution in [1.82, 2.24) is 0 Å². The van der Waals surface area contributed by atoms with Gasteiger partial charge in [-0.2, -0.15) is 0 Å². The third-order valence-corrected chi connectivity index (χ3v) is 2.67. The normalized spacial score (nSPS) is 10.2. The van der Waals surface area contributed by atoms with E-state index in [4.69, 9.17) is 4.74 Å². The van der Waals surface area contributed by atoms with Crippen LogP contribution in [0.5, 0.6) is 0 Å². The van der Waals surface area contributed by atoms with E-state index in [-0.39, 0.29) is 18.9 Å². The predicted molar refractivity (Wildman–Crippen MR) is 73.8 cm³/mol. The third-order valence-electron chi connectivity index (χ3n) is 2.67. The SMILES string of the molecule is CCOC(=O)CC(=O)Nc1cccc2ccccc12. The summed E-state index contributed by atoms with van der Waals surface area (Å²) in [5.74, 6) is -0.880. The molecule has 1 amide bonds. The first-order valence-electron chi connectivity index (χ1n) is 6.14. The number of ether oxygens (including phenoxy) is 1. The van der Waals surface area contributed by atoms with Gasteiger partial charge in [0.2, 0.25) is 5.91 Å². The van der Waals surface area contributed by atoms with E-state index >= 15 is 0 Å². The third kappa shape index (κ3) is 3.31. The molecule has 0 aliphatic carbocycles. The van der Waals surface area contributed by atoms with Crippen LogP contribution in [0.1, 0.15) is 13.3 Å². The van der Waals surface area contributed by atoms with Crippen LogP contribution in [0.2, 0.25) is 0 Å². The molecule has 2 aromatic rings. The predicted octanol–water partition coefficient (Wildman–Crippen LogP) is 2.73. The number of rotatable bonds is 4. The number of carbonyl (C=O) groups excluding carboxylic acids is 2. The summed E-state index contributed by atoms with van der Waals surface area (Å²) < 4.78 is 4.74. The van der Waals surface area contributed by atoms with Crippen molar-refractivity contribution >= 4 is 28.3 Å². The lowest BCUT2D eigenvalue weighted by molar-refractivity contribution is -0.145. The van der Waals surface area contributed by atoms with Gasteiger partial charge in [0.1, 0.15) is 6.42 Å². The monoisotopic (exact) mass is 257 g/mol. The molecule has 19 heavy (non-hydrogen) atoms. The van der Waals surface area contributed by atoms with Gasteiger partial charge in [0.25, 0.3) is 0 Å². The summed E-state index contributed by atoms with van der Waals surface area (Å²) in [6, 6.07) is 13.4. The standard InChI is InChI=1S/C15H15NO3/c1-2-19-15(18)10-14(17)16-13-9-5-7-11-6-3-4-8-12(11)13/h3-9H,2,10H2,1H3,(H,16,17). The highest BCUT2D eigenvalue weighted by molar-refractivity contribution is 6.06. The van der Waals surface area contributed by atoms with Crippen LogP contribution in [0.4, 0.5) is 5.69 Å². The van der Waals surface area contributed by atoms with Crippen molar-refractivity contribution in [3.8, 4) is 0 Å². The molecule has 0 aliphatic heterocycles. The van der Waals surface area contributed by atoms with Crippen molar-refractivity contribution in [2.24, 2.45) is 0 Å². The molecule has 0 atom stereocenters. The minimum Gasteiger partial charge on any atom is -0.466 e. The number of nitrogens with one attached hydrogen (secondary N) is 1. The number of benzene rings is 2. The molecule has 0 saturated carbocycles. The maximum Gasteiger partial charge on any atom is 0.315 e. The van der Waals surface area contributed by atoms with Crippen LogP contribution in [0.3, 0.4) is 0 Å². The van der Waals surface area contributed by atoms with E-state index < -0.39 is 5.97 Å². The molecule has 0 fully saturated rings. The van der Waals surface area contributed by atoms with Gasteiger partial charge in [-0.15, -0.1) is 0 Å². The fraction of sp³-hybridized carbons (Fsp3) is 0.200. The van der Waals surface area contributed by atoms with E-state index in [0.717, 1.165) is 10.8 Å². The van der Waals surface area contributed by atoms with E-state index in [1.54, 1.807) is 6.92 Å². The molecule has 0 unspecified atom stereocenters. The van der Waals surface area contributed by atoms with Crippen LogP contribution < -0.4 is 5.32 Å². The number of hydrogen-bond donors (Lipinski definition) is 1. The second kappa shape index (κ2) is 6.00. The van der Waals surface area contributed by atoms with E-state index in [1.807, 2.05) is 42.5 Å². The molecule has 4 heteroatoms. The van der Waals surface area contributed by atoms with E-state index in [1.165, 1.54) is 0 Å². The highest BCUT2D eigenvalue weighted by Crippen LogP contribution is 2.22. The summed E-state index contributed by atoms with van der Waals surface area (Å²) in [6.07, 6.45) is -0.267. The molecule has 4 nitrogen and oxygen atoms in total. The Morgan fingerprint density at radius 1 is 1.11 bits per heavy atom. The molecule has 2 aromatic carbocycles. The van der Waals surface area contributed by atoms with Gasteiger partial charge in [0.15, 0.2) is 0 Å². The molecule has 0 aromatic heterocycles. The Bertz CT molecular complexity index is 602. The molecular weight excluding hydrogens is 242 g/mol. The average molecular weight is 257 g/mol. The minimum absolute atomic E-state index is 0.267. The zero-order chi connectivity index (χ0) is 13.7. The quantitative estimate of drug-likeness (QED) is 0.676. The van der Waals surface area contributed by atoms with Gasteiger partial charge in [-0.05, 0) is 18.4 Å². The Labute approximate surface area is 111 Å². The topological polar surface area (TPSA) is 55.4 Å². The maximum absolute atomic E-state index is 11.7. The van der Waals surface area contributed by atoms with Gasteiger partial charge in [-0.1, -0.05) is 36.4 Å². The van der Waals surface area contributed by atoms with Crippen LogP contribution in [-0.2, 0) is 14.3 Å². The Hall–Kier alpha value is -2.36. The number of anilines is 1. The molecule has 0 heterocycles. The Morgan fingerprint density at radius 2 is 1.84 bits per heavy atom. The zero-order valence-electron chi connectivity index (χ0n) is 10.7. The summed E-state index contributed by atoms with van der Waals surface area (Å²) >= 11 is 0. The van der Waals surface area contributed by atoms with Gasteiger partial charge >= 0.3 is 5.97 Å². The molecule has 98 valence electrons. The maximum atomic E-state index is 11.7. The lowest BCUT2D eigenvalue weighted by atomic mass is 10.1. The second-order valence-corrected chi connectivity index (χ2v) is 4.06. The van der Waals surface area contributed by atoms with E-state index in [2.05, 4.69) is 5.32 Å². The Morgan fingerprint density at radius 3 is 2.63 bits per heavy atom. The van der Waals surface area contributed by atoms with Crippen molar-refractivity contribution in [3.63, 3.8) is 0 Å². The van der Waals surface area contributed by atoms with Crippen molar-refractivity contribution < 1.29 is 14.3 Å². The van der Waals surface area contributed by atoms with Crippen molar-refractivity contribution in [2.45, 2.75) is 13.3 Å². The smallest absolute Gasteiger partial charge is 0.315 e. The highest BCUT2D eigenvalue weighted by atomic mass is 16.5. The number of hydrogen-bond acceptors (Lipinski definition) is 3. The molecule has 0 saturated heterocycles. The summed E-state index contributed by atoms with van der Waals surface area (Å²) in [7, 11) is 0. The van der Waals surface area contributed by atoms with Crippen LogP contribution in [0.25, 0.3) is 10.8 Å². The minimum atomic E-state index is -0.514. The molecule has 0 bridgehead atoms. The number of amides is 1. The summed E-state index contributed by atoms with van der Waals surface area (Å²) in [6.45, 7) is 1.99. The van der Waals surface area contributed by atoms with Crippen molar-refractivity contribution in [1.29, 1.82) is 0 Å². The molecule has 0 aliphatic rings. The first-order chi connectivity index (χ1) is 9.20. The fourth-order valence-corrected chi connectivity index (χ4v) is 1.87. The van der Waals surface area contributed by atoms with E-state index in [9.17, 15) is 9.59 Å². The van der Waals surface area contributed by atoms with Crippen LogP contribution in [0.15, 0.2) is 42.5 Å². The van der Waals surface area contributed by atoms with Gasteiger partial charge in [-0.25, -0.2) is 0 Å². The Kier molecular flexibility index (Phi) is 4.13. The summed E-state index contributed by atoms with van der Waals surface area (Å²) in [4.78, 5) is 23.0. The molecule has 0 radical (unpaired) electrons. The number of carbonyl (C=O) groups is 2. The van der Waals surface area contributed by atoms with E-state index in [0.29, 0.717) is 5.69 Å². The molecule has 1 N–H and O–H groups in total. The largest absolute Gasteiger partial charge is 0.466 e. The molecular formula is C15H15NO3. The number of fused-ring (bicyclic) bond motifs is 1.